The van der Waals surface area contributed by atoms with E-state index in [0.29, 0.717) is 22.3 Å². The van der Waals surface area contributed by atoms with Gasteiger partial charge in [0.2, 0.25) is 5.95 Å². The van der Waals surface area contributed by atoms with Gasteiger partial charge in [-0.25, -0.2) is 9.98 Å². The highest BCUT2D eigenvalue weighted by molar-refractivity contribution is 6.09. The molecule has 0 fully saturated rings. The summed E-state index contributed by atoms with van der Waals surface area (Å²) in [5.74, 6) is -0.678. The summed E-state index contributed by atoms with van der Waals surface area (Å²) in [6.45, 7) is 1.97. The highest BCUT2D eigenvalue weighted by Gasteiger charge is 2.49. The zero-order valence-electron chi connectivity index (χ0n) is 15.6. The predicted molar refractivity (Wildman–Crippen MR) is 106 cm³/mol. The first kappa shape index (κ1) is 17.9. The summed E-state index contributed by atoms with van der Waals surface area (Å²) >= 11 is 0. The summed E-state index contributed by atoms with van der Waals surface area (Å²) in [6.07, 6.45) is 1.40. The van der Waals surface area contributed by atoms with Gasteiger partial charge in [0.25, 0.3) is 5.91 Å². The Hall–Kier alpha value is -3.54. The second kappa shape index (κ2) is 6.56. The SMILES string of the molecule is Cc1ccc(C2(c3cccc(-c4cccnc4F)c3)N=C(N)N(C)C2=O)cc1. The number of hydrogen-bond acceptors (Lipinski definition) is 4. The Morgan fingerprint density at radius 1 is 1.04 bits per heavy atom. The minimum atomic E-state index is -1.30. The number of carbonyl (C=O) groups excluding carboxylic acids is 1. The van der Waals surface area contributed by atoms with Gasteiger partial charge in [-0.05, 0) is 41.8 Å². The number of nitrogens with two attached hydrogens (primary N) is 1. The molecule has 5 nitrogen and oxygen atoms in total. The Morgan fingerprint density at radius 3 is 2.43 bits per heavy atom. The van der Waals surface area contributed by atoms with E-state index >= 15 is 0 Å². The van der Waals surface area contributed by atoms with Crippen LogP contribution in [0, 0.1) is 12.9 Å². The number of carbonyl (C=O) groups is 1. The van der Waals surface area contributed by atoms with Crippen molar-refractivity contribution in [2.45, 2.75) is 12.5 Å². The second-order valence-electron chi connectivity index (χ2n) is 6.83. The van der Waals surface area contributed by atoms with Crippen LogP contribution < -0.4 is 5.73 Å². The Bertz CT molecular complexity index is 1090. The fourth-order valence-electron chi connectivity index (χ4n) is 3.49. The van der Waals surface area contributed by atoms with E-state index in [4.69, 9.17) is 5.73 Å². The maximum absolute atomic E-state index is 14.2. The number of benzene rings is 2. The average molecular weight is 374 g/mol. The van der Waals surface area contributed by atoms with Crippen LogP contribution in [0.15, 0.2) is 71.9 Å². The van der Waals surface area contributed by atoms with Crippen molar-refractivity contribution in [3.05, 3.63) is 89.5 Å². The van der Waals surface area contributed by atoms with Gasteiger partial charge in [0.15, 0.2) is 11.5 Å². The molecule has 1 aromatic heterocycles. The number of aliphatic imine (C=N–C) groups is 1. The van der Waals surface area contributed by atoms with Gasteiger partial charge in [-0.3, -0.25) is 9.69 Å². The fraction of sp³-hybridized carbons (Fsp3) is 0.136. The topological polar surface area (TPSA) is 71.6 Å². The van der Waals surface area contributed by atoms with Gasteiger partial charge >= 0.3 is 0 Å². The van der Waals surface area contributed by atoms with E-state index in [0.717, 1.165) is 5.56 Å². The number of pyridine rings is 1. The van der Waals surface area contributed by atoms with Crippen molar-refractivity contribution in [1.29, 1.82) is 0 Å². The van der Waals surface area contributed by atoms with E-state index in [9.17, 15) is 9.18 Å². The molecule has 1 aliphatic rings. The maximum Gasteiger partial charge on any atom is 0.266 e. The van der Waals surface area contributed by atoms with Crippen molar-refractivity contribution >= 4 is 11.9 Å². The lowest BCUT2D eigenvalue weighted by molar-refractivity contribution is -0.129. The molecule has 4 rings (SSSR count). The van der Waals surface area contributed by atoms with Crippen molar-refractivity contribution < 1.29 is 9.18 Å². The number of rotatable bonds is 3. The smallest absolute Gasteiger partial charge is 0.266 e. The Morgan fingerprint density at radius 2 is 1.79 bits per heavy atom. The molecule has 1 unspecified atom stereocenters. The van der Waals surface area contributed by atoms with Crippen LogP contribution in [0.1, 0.15) is 16.7 Å². The van der Waals surface area contributed by atoms with Crippen molar-refractivity contribution in [3.8, 4) is 11.1 Å². The molecule has 1 amide bonds. The molecule has 1 aliphatic heterocycles. The summed E-state index contributed by atoms with van der Waals surface area (Å²) in [5.41, 5.74) is 8.08. The number of aromatic nitrogens is 1. The number of nitrogens with zero attached hydrogens (tertiary/aromatic N) is 3. The molecule has 140 valence electrons. The van der Waals surface area contributed by atoms with Crippen LogP contribution in [0.3, 0.4) is 0 Å². The molecule has 1 atom stereocenters. The van der Waals surface area contributed by atoms with Gasteiger partial charge in [0.05, 0.1) is 0 Å². The lowest BCUT2D eigenvalue weighted by atomic mass is 9.81. The van der Waals surface area contributed by atoms with Gasteiger partial charge in [-0.2, -0.15) is 4.39 Å². The molecule has 2 N–H and O–H groups in total. The van der Waals surface area contributed by atoms with Crippen LogP contribution in [0.4, 0.5) is 4.39 Å². The minimum absolute atomic E-state index is 0.142. The van der Waals surface area contributed by atoms with Crippen LogP contribution >= 0.6 is 0 Å². The molecule has 3 aromatic rings. The van der Waals surface area contributed by atoms with E-state index in [2.05, 4.69) is 9.98 Å². The van der Waals surface area contributed by atoms with Crippen LogP contribution in [0.2, 0.25) is 0 Å². The lowest BCUT2D eigenvalue weighted by Crippen LogP contribution is -2.41. The fourth-order valence-corrected chi connectivity index (χ4v) is 3.49. The van der Waals surface area contributed by atoms with Gasteiger partial charge < -0.3 is 5.73 Å². The summed E-state index contributed by atoms with van der Waals surface area (Å²) in [4.78, 5) is 22.9. The van der Waals surface area contributed by atoms with Crippen LogP contribution in [0.25, 0.3) is 11.1 Å². The third-order valence-electron chi connectivity index (χ3n) is 5.06. The monoisotopic (exact) mass is 374 g/mol. The van der Waals surface area contributed by atoms with Gasteiger partial charge in [-0.1, -0.05) is 48.0 Å². The third-order valence-corrected chi connectivity index (χ3v) is 5.06. The Labute approximate surface area is 162 Å². The van der Waals surface area contributed by atoms with E-state index in [1.165, 1.54) is 11.1 Å². The maximum atomic E-state index is 14.2. The second-order valence-corrected chi connectivity index (χ2v) is 6.83. The number of amides is 1. The summed E-state index contributed by atoms with van der Waals surface area (Å²) in [6, 6.07) is 18.1. The van der Waals surface area contributed by atoms with E-state index in [-0.39, 0.29) is 11.9 Å². The lowest BCUT2D eigenvalue weighted by Gasteiger charge is -2.26. The summed E-state index contributed by atoms with van der Waals surface area (Å²) < 4.78 is 14.2. The van der Waals surface area contributed by atoms with Crippen molar-refractivity contribution in [3.63, 3.8) is 0 Å². The van der Waals surface area contributed by atoms with Gasteiger partial charge in [0.1, 0.15) is 0 Å². The molecule has 0 bridgehead atoms. The predicted octanol–water partition coefficient (Wildman–Crippen LogP) is 3.23. The average Bonchev–Trinajstić information content (AvgIpc) is 2.94. The van der Waals surface area contributed by atoms with Crippen molar-refractivity contribution in [2.75, 3.05) is 7.05 Å². The molecule has 6 heteroatoms. The number of halogens is 1. The summed E-state index contributed by atoms with van der Waals surface area (Å²) in [5, 5.41) is 0. The molecule has 2 heterocycles. The van der Waals surface area contributed by atoms with E-state index < -0.39 is 11.5 Å². The van der Waals surface area contributed by atoms with Crippen molar-refractivity contribution in [1.82, 2.24) is 9.88 Å². The molecular weight excluding hydrogens is 355 g/mol. The molecule has 2 aromatic carbocycles. The quantitative estimate of drug-likeness (QED) is 0.716. The molecule has 0 saturated heterocycles. The highest BCUT2D eigenvalue weighted by atomic mass is 19.1. The number of likely N-dealkylation sites (N-methyl/N-ethyl adjacent to an activating group) is 1. The minimum Gasteiger partial charge on any atom is -0.369 e. The first-order valence-corrected chi connectivity index (χ1v) is 8.85. The molecule has 0 saturated carbocycles. The van der Waals surface area contributed by atoms with Crippen LogP contribution in [-0.4, -0.2) is 28.8 Å². The zero-order valence-corrected chi connectivity index (χ0v) is 15.6. The highest BCUT2D eigenvalue weighted by Crippen LogP contribution is 2.40. The molecule has 0 aliphatic carbocycles. The first-order chi connectivity index (χ1) is 13.4. The van der Waals surface area contributed by atoms with Gasteiger partial charge in [-0.15, -0.1) is 0 Å². The summed E-state index contributed by atoms with van der Waals surface area (Å²) in [7, 11) is 1.60. The Kier molecular flexibility index (Phi) is 4.19. The zero-order chi connectivity index (χ0) is 19.9. The molecular formula is C22H19FN4O. The third kappa shape index (κ3) is 2.65. The van der Waals surface area contributed by atoms with E-state index in [1.807, 2.05) is 37.3 Å². The molecule has 0 spiro atoms. The van der Waals surface area contributed by atoms with Gasteiger partial charge in [0, 0.05) is 18.8 Å². The van der Waals surface area contributed by atoms with Crippen LogP contribution in [-0.2, 0) is 10.3 Å². The number of guanidine groups is 1. The van der Waals surface area contributed by atoms with E-state index in [1.54, 1.807) is 37.4 Å². The standard InChI is InChI=1S/C22H19FN4O/c1-14-8-10-16(11-9-14)22(20(28)27(2)21(24)26-22)17-6-3-5-15(13-17)18-7-4-12-25-19(18)23/h3-13H,1-2H3,(H2,24,26). The normalized spacial score (nSPS) is 19.0. The molecule has 28 heavy (non-hydrogen) atoms. The number of hydrogen-bond donors (Lipinski definition) is 1. The van der Waals surface area contributed by atoms with Crippen LogP contribution in [0.5, 0.6) is 0 Å². The first-order valence-electron chi connectivity index (χ1n) is 8.85. The number of aryl methyl sites for hydroxylation is 1. The Balaban J connectivity index is 1.95. The largest absolute Gasteiger partial charge is 0.369 e. The molecule has 0 radical (unpaired) electrons. The van der Waals surface area contributed by atoms with Crippen molar-refractivity contribution in [2.24, 2.45) is 10.7 Å².